The van der Waals surface area contributed by atoms with Crippen LogP contribution in [0.1, 0.15) is 0 Å². The molecule has 1 aromatic carbocycles. The van der Waals surface area contributed by atoms with Crippen molar-refractivity contribution in [3.8, 4) is 0 Å². The zero-order valence-electron chi connectivity index (χ0n) is 6.30. The van der Waals surface area contributed by atoms with Crippen molar-refractivity contribution in [2.24, 2.45) is 0 Å². The Bertz CT molecular complexity index is 417. The van der Waals surface area contributed by atoms with E-state index in [1.807, 2.05) is 0 Å². The first-order valence-electron chi connectivity index (χ1n) is 3.21. The zero-order valence-corrected chi connectivity index (χ0v) is 9.27. The molecule has 0 bridgehead atoms. The predicted octanol–water partition coefficient (Wildman–Crippen LogP) is 2.13. The van der Waals surface area contributed by atoms with Gasteiger partial charge in [-0.25, -0.2) is 17.2 Å². The first-order valence-corrected chi connectivity index (χ1v) is 6.39. The second-order valence-electron chi connectivity index (χ2n) is 2.30. The Hall–Kier alpha value is -0.240. The molecule has 72 valence electrons. The van der Waals surface area contributed by atoms with E-state index in [-0.39, 0.29) is 8.66 Å². The van der Waals surface area contributed by atoms with Gasteiger partial charge in [0.1, 0.15) is 3.76 Å². The van der Waals surface area contributed by atoms with E-state index >= 15 is 0 Å². The van der Waals surface area contributed by atoms with Crippen LogP contribution in [0.5, 0.6) is 0 Å². The maximum atomic E-state index is 12.6. The lowest BCUT2D eigenvalue weighted by molar-refractivity contribution is 0.504. The van der Waals surface area contributed by atoms with E-state index in [0.717, 1.165) is 12.1 Å². The minimum atomic E-state index is -3.46. The Labute approximate surface area is 88.0 Å². The molecule has 0 saturated carbocycles. The van der Waals surface area contributed by atoms with Crippen molar-refractivity contribution in [1.82, 2.24) is 0 Å². The van der Waals surface area contributed by atoms with E-state index in [2.05, 4.69) is 0 Å². The van der Waals surface area contributed by atoms with Gasteiger partial charge >= 0.3 is 0 Å². The monoisotopic (exact) mass is 318 g/mol. The topological polar surface area (TPSA) is 34.1 Å². The molecule has 0 atom stereocenters. The van der Waals surface area contributed by atoms with Gasteiger partial charge in [-0.15, -0.1) is 0 Å². The molecule has 0 unspecified atom stereocenters. The second-order valence-corrected chi connectivity index (χ2v) is 6.09. The van der Waals surface area contributed by atoms with Crippen LogP contribution in [0, 0.1) is 11.6 Å². The Balaban J connectivity index is 3.27. The van der Waals surface area contributed by atoms with Gasteiger partial charge in [-0.3, -0.25) is 0 Å². The van der Waals surface area contributed by atoms with Crippen LogP contribution in [0.2, 0.25) is 0 Å². The molecule has 6 heteroatoms. The minimum absolute atomic E-state index is 0.157. The van der Waals surface area contributed by atoms with Crippen LogP contribution in [0.25, 0.3) is 0 Å². The van der Waals surface area contributed by atoms with Gasteiger partial charge < -0.3 is 0 Å². The number of hydrogen-bond acceptors (Lipinski definition) is 2. The molecule has 0 spiro atoms. The molecule has 2 nitrogen and oxygen atoms in total. The maximum absolute atomic E-state index is 12.6. The quantitative estimate of drug-likeness (QED) is 0.476. The van der Waals surface area contributed by atoms with E-state index in [0.29, 0.717) is 6.07 Å². The molecule has 0 aliphatic rings. The fraction of sp³-hybridized carbons (Fsp3) is 0.143. The maximum Gasteiger partial charge on any atom is 0.187 e. The smallest absolute Gasteiger partial charge is 0.187 e. The third-order valence-corrected chi connectivity index (χ3v) is 5.11. The van der Waals surface area contributed by atoms with Gasteiger partial charge in [0, 0.05) is 0 Å². The number of sulfone groups is 1. The molecule has 0 aliphatic carbocycles. The van der Waals surface area contributed by atoms with E-state index in [4.69, 9.17) is 0 Å². The number of rotatable bonds is 2. The van der Waals surface area contributed by atoms with Crippen LogP contribution in [-0.4, -0.2) is 12.2 Å². The van der Waals surface area contributed by atoms with Gasteiger partial charge in [-0.2, -0.15) is 0 Å². The van der Waals surface area contributed by atoms with Gasteiger partial charge in [0.2, 0.25) is 0 Å². The van der Waals surface area contributed by atoms with E-state index in [9.17, 15) is 17.2 Å². The highest BCUT2D eigenvalue weighted by Gasteiger charge is 2.14. The summed E-state index contributed by atoms with van der Waals surface area (Å²) in [6, 6.07) is 2.53. The van der Waals surface area contributed by atoms with Crippen LogP contribution < -0.4 is 0 Å². The Morgan fingerprint density at radius 3 is 2.31 bits per heavy atom. The van der Waals surface area contributed by atoms with Crippen molar-refractivity contribution in [3.63, 3.8) is 0 Å². The van der Waals surface area contributed by atoms with Crippen molar-refractivity contribution in [3.05, 3.63) is 29.8 Å². The predicted molar refractivity (Wildman–Crippen MR) is 52.4 cm³/mol. The third-order valence-electron chi connectivity index (χ3n) is 1.39. The zero-order chi connectivity index (χ0) is 10.1. The number of benzene rings is 1. The van der Waals surface area contributed by atoms with Gasteiger partial charge in [0.15, 0.2) is 21.5 Å². The van der Waals surface area contributed by atoms with E-state index in [1.165, 1.54) is 0 Å². The van der Waals surface area contributed by atoms with Gasteiger partial charge in [-0.05, 0) is 18.2 Å². The molecule has 0 aliphatic heterocycles. The first-order chi connectivity index (χ1) is 5.97. The minimum Gasteiger partial charge on any atom is -0.223 e. The summed E-state index contributed by atoms with van der Waals surface area (Å²) in [5.41, 5.74) is 0. The summed E-state index contributed by atoms with van der Waals surface area (Å²) < 4.78 is 47.2. The lowest BCUT2D eigenvalue weighted by Crippen LogP contribution is -2.02. The van der Waals surface area contributed by atoms with Crippen molar-refractivity contribution in [2.75, 3.05) is 3.76 Å². The largest absolute Gasteiger partial charge is 0.223 e. The van der Waals surface area contributed by atoms with Crippen molar-refractivity contribution < 1.29 is 17.2 Å². The molecular formula is C7H5F2IO2S. The van der Waals surface area contributed by atoms with Gasteiger partial charge in [0.25, 0.3) is 0 Å². The molecule has 0 saturated heterocycles. The Kier molecular flexibility index (Phi) is 3.23. The van der Waals surface area contributed by atoms with Gasteiger partial charge in [-0.1, -0.05) is 22.6 Å². The summed E-state index contributed by atoms with van der Waals surface area (Å²) >= 11 is 1.65. The third kappa shape index (κ3) is 2.37. The molecule has 0 fully saturated rings. The number of halogens is 3. The lowest BCUT2D eigenvalue weighted by atomic mass is 10.3. The van der Waals surface area contributed by atoms with Crippen LogP contribution in [-0.2, 0) is 9.84 Å². The average Bonchev–Trinajstić information content (AvgIpc) is 2.09. The molecule has 1 aromatic rings. The molecule has 13 heavy (non-hydrogen) atoms. The van der Waals surface area contributed by atoms with Crippen LogP contribution in [0.4, 0.5) is 8.78 Å². The summed E-state index contributed by atoms with van der Waals surface area (Å²) in [7, 11) is -3.46. The summed E-state index contributed by atoms with van der Waals surface area (Å²) in [4.78, 5) is -0.194. The highest BCUT2D eigenvalue weighted by atomic mass is 127. The first kappa shape index (κ1) is 10.8. The SMILES string of the molecule is O=S(=O)(CI)c1ccc(F)c(F)c1. The normalized spacial score (nSPS) is 11.6. The molecular weight excluding hydrogens is 313 g/mol. The Morgan fingerprint density at radius 1 is 1.23 bits per heavy atom. The summed E-state index contributed by atoms with van der Waals surface area (Å²) in [6.07, 6.45) is 0. The number of alkyl halides is 1. The van der Waals surface area contributed by atoms with Crippen LogP contribution in [0.15, 0.2) is 23.1 Å². The standard InChI is InChI=1S/C7H5F2IO2S/c8-6-2-1-5(3-7(6)9)13(11,12)4-10/h1-3H,4H2. The summed E-state index contributed by atoms with van der Waals surface area (Å²) in [5, 5.41) is 0. The van der Waals surface area contributed by atoms with E-state index in [1.54, 1.807) is 22.6 Å². The molecule has 0 heterocycles. The Morgan fingerprint density at radius 2 is 1.85 bits per heavy atom. The highest BCUT2D eigenvalue weighted by molar-refractivity contribution is 14.1. The average molecular weight is 318 g/mol. The fourth-order valence-corrected chi connectivity index (χ4v) is 2.50. The van der Waals surface area contributed by atoms with Crippen molar-refractivity contribution in [2.45, 2.75) is 4.90 Å². The summed E-state index contributed by atoms with van der Waals surface area (Å²) in [5.74, 6) is -2.20. The van der Waals surface area contributed by atoms with Crippen LogP contribution >= 0.6 is 22.6 Å². The van der Waals surface area contributed by atoms with Crippen LogP contribution in [0.3, 0.4) is 0 Å². The molecule has 0 radical (unpaired) electrons. The number of hydrogen-bond donors (Lipinski definition) is 0. The van der Waals surface area contributed by atoms with E-state index < -0.39 is 21.5 Å². The van der Waals surface area contributed by atoms with Crippen molar-refractivity contribution in [1.29, 1.82) is 0 Å². The highest BCUT2D eigenvalue weighted by Crippen LogP contribution is 2.16. The van der Waals surface area contributed by atoms with Gasteiger partial charge in [0.05, 0.1) is 4.90 Å². The lowest BCUT2D eigenvalue weighted by Gasteiger charge is -2.00. The second kappa shape index (κ2) is 3.87. The molecule has 0 N–H and O–H groups in total. The summed E-state index contributed by atoms with van der Waals surface area (Å²) in [6.45, 7) is 0. The fourth-order valence-electron chi connectivity index (χ4n) is 0.733. The molecule has 1 rings (SSSR count). The molecule has 0 amide bonds. The molecule has 0 aromatic heterocycles. The van der Waals surface area contributed by atoms with Crippen molar-refractivity contribution >= 4 is 32.4 Å².